The number of aromatic amines is 7. The van der Waals surface area contributed by atoms with E-state index in [2.05, 4.69) is 80.9 Å². The van der Waals surface area contributed by atoms with Crippen molar-refractivity contribution < 1.29 is 88.9 Å². The average molecular weight is 1920 g/mol. The molecule has 0 unspecified atom stereocenters. The third-order valence-electron chi connectivity index (χ3n) is 21.9. The Morgan fingerprint density at radius 3 is 0.812 bits per heavy atom. The van der Waals surface area contributed by atoms with Gasteiger partial charge < -0.3 is 38.6 Å². The van der Waals surface area contributed by atoms with Crippen LogP contribution in [0.2, 0.25) is 15.1 Å². The van der Waals surface area contributed by atoms with Gasteiger partial charge in [-0.1, -0.05) is 108 Å². The number of hydrogen-bond acceptors (Lipinski definition) is 18. The van der Waals surface area contributed by atoms with Crippen LogP contribution in [0.5, 0.6) is 23.0 Å². The van der Waals surface area contributed by atoms with Crippen LogP contribution in [0.25, 0.3) is 155 Å². The lowest BCUT2D eigenvalue weighted by molar-refractivity contribution is -0.137. The average Bonchev–Trinajstić information content (AvgIpc) is 1.64. The summed E-state index contributed by atoms with van der Waals surface area (Å²) >= 11 is 17.8. The summed E-state index contributed by atoms with van der Waals surface area (Å²) in [4.78, 5) is 55.6. The molecule has 0 fully saturated rings. The fraction of sp³-hybridized carbons (Fsp3) is 0.0588. The van der Waals surface area contributed by atoms with Gasteiger partial charge in [-0.15, -0.1) is 0 Å². The maximum absolute atomic E-state index is 13.1. The summed E-state index contributed by atoms with van der Waals surface area (Å²) < 4.78 is 108. The number of carboxylic acid groups (broad SMARTS) is 2. The number of Topliss-reactive ketones (excluding diaryl/α,β-unsaturated/α-hetero) is 1. The van der Waals surface area contributed by atoms with Crippen LogP contribution in [-0.4, -0.2) is 139 Å². The number of aromatic carboxylic acids is 2. The number of esters is 2. The maximum Gasteiger partial charge on any atom is 0.416 e. The number of hydrogen-bond donors (Lipinski definition) is 9. The molecule has 0 saturated carbocycles. The molecular weight excluding hydrogens is 1850 g/mol. The molecule has 0 radical (unpaired) electrons. The largest absolute Gasteiger partial charge is 0.478 e. The molecule has 0 saturated heterocycles. The number of carbonyl (C=O) groups is 5. The molecule has 2 aliphatic heterocycles. The molecule has 14 aromatic carbocycles. The molecule has 0 aliphatic carbocycles. The number of nitrogens with zero attached hydrogens (tertiary/aromatic N) is 7. The Bertz CT molecular complexity index is 7770. The Balaban J connectivity index is 0.000000111. The molecule has 23 rings (SSSR count). The Hall–Kier alpha value is -17.4. The molecular formula is C102H69Cl3F6N14O13. The highest BCUT2D eigenvalue weighted by molar-refractivity contribution is 6.32. The number of nitrogens with one attached hydrogen (secondary N) is 7. The second kappa shape index (κ2) is 40.2. The zero-order valence-corrected chi connectivity index (χ0v) is 74.2. The van der Waals surface area contributed by atoms with Crippen LogP contribution in [0.3, 0.4) is 0 Å². The number of methoxy groups -OCH3 is 2. The van der Waals surface area contributed by atoms with Gasteiger partial charge in [-0.25, -0.2) is 32.3 Å². The molecule has 21 aromatic rings. The number of H-pyrrole nitrogens is 7. The Morgan fingerprint density at radius 2 is 0.536 bits per heavy atom. The molecule has 27 nitrogen and oxygen atoms in total. The number of alkyl halides is 3. The highest BCUT2D eigenvalue weighted by atomic mass is 35.5. The van der Waals surface area contributed by atoms with Crippen molar-refractivity contribution in [3.8, 4) is 102 Å². The summed E-state index contributed by atoms with van der Waals surface area (Å²) in [7, 11) is 2.70. The van der Waals surface area contributed by atoms with Crippen molar-refractivity contribution in [2.75, 3.05) is 27.8 Å². The fourth-order valence-electron chi connectivity index (χ4n) is 14.9. The summed E-state index contributed by atoms with van der Waals surface area (Å²) in [5.41, 5.74) is 17.4. The van der Waals surface area contributed by atoms with E-state index < -0.39 is 23.7 Å². The van der Waals surface area contributed by atoms with E-state index in [4.69, 9.17) is 64.0 Å². The molecule has 688 valence electrons. The first-order chi connectivity index (χ1) is 66.6. The van der Waals surface area contributed by atoms with E-state index in [1.807, 2.05) is 103 Å². The number of ketones is 1. The molecule has 9 heterocycles. The summed E-state index contributed by atoms with van der Waals surface area (Å²) in [6.07, 6.45) is -4.41. The summed E-state index contributed by atoms with van der Waals surface area (Å²) in [6, 6.07) is 78.9. The number of halogens is 9. The minimum Gasteiger partial charge on any atom is -0.478 e. The van der Waals surface area contributed by atoms with Crippen molar-refractivity contribution in [3.63, 3.8) is 0 Å². The van der Waals surface area contributed by atoms with Crippen molar-refractivity contribution in [2.24, 2.45) is 0 Å². The lowest BCUT2D eigenvalue weighted by atomic mass is 10.0. The summed E-state index contributed by atoms with van der Waals surface area (Å²) in [6.45, 7) is 2.04. The molecule has 0 bridgehead atoms. The molecule has 7 aromatic heterocycles. The van der Waals surface area contributed by atoms with Crippen molar-refractivity contribution in [1.82, 2.24) is 71.4 Å². The first-order valence-corrected chi connectivity index (χ1v) is 42.6. The topological polar surface area (TPSA) is 382 Å². The standard InChI is InChI=1S/C15H11ClN2O2.C15H9F3N2O2.C15H11FN2O2.C15H11FN2O.2C14H9ClN2O2.C14H9FN2O2/c1-20-15(19)10-4-2-9(3-5-10)14-12-7-6-11(16)8-13(12)17-18-14;16-15(17,18)10-5-6-11-12(7-10)19-20-13(11)8-1-3-9(4-2-8)14(21)22;1-20-15(19)10-4-2-9(3-5-10)14-12-7-6-11(16)8-13(12)17-18-14;1-9(19)10-2-4-11(5-3-10)15-13-7-6-12(16)8-14(13)17-18-15;15-9-2-3-10-11(6-9)16-17-14(10)8-1-4-12-13(5-8)19-7-18-12;15-10-5-6-11-12(7-10)16-17-13(11)8-1-3-9(4-2-8)14(18)19;15-9-2-3-10-11(6-9)16-17-14(10)8-1-4-12-13(5-8)19-7-18-12/h2-8H,1H3,(H,17,18);1-7H,(H,19,20)(H,21,22);2-8H,1H3,(H,17,18);2-8H,1H3,(H,17,18);1-6H,7H2,(H,16,17);1-7H,(H,16,17)(H,18,19);1-6H,7H2,(H,16,17). The van der Waals surface area contributed by atoms with Gasteiger partial charge in [0, 0.05) is 97.3 Å². The van der Waals surface area contributed by atoms with Gasteiger partial charge in [0.25, 0.3) is 0 Å². The van der Waals surface area contributed by atoms with Crippen LogP contribution in [-0.2, 0) is 15.7 Å². The molecule has 9 N–H and O–H groups in total. The second-order valence-corrected chi connectivity index (χ2v) is 31.9. The van der Waals surface area contributed by atoms with Gasteiger partial charge in [-0.05, 0) is 219 Å². The first kappa shape index (κ1) is 92.4. The quantitative estimate of drug-likeness (QED) is 0.0312. The number of carbonyl (C=O) groups excluding carboxylic acids is 3. The van der Waals surface area contributed by atoms with Crippen molar-refractivity contribution in [3.05, 3.63) is 351 Å². The van der Waals surface area contributed by atoms with E-state index in [0.717, 1.165) is 146 Å². The summed E-state index contributed by atoms with van der Waals surface area (Å²) in [5.74, 6) is -0.629. The van der Waals surface area contributed by atoms with Crippen LogP contribution < -0.4 is 18.9 Å². The van der Waals surface area contributed by atoms with Gasteiger partial charge >= 0.3 is 30.1 Å². The van der Waals surface area contributed by atoms with Crippen LogP contribution in [0.4, 0.5) is 26.3 Å². The third-order valence-corrected chi connectivity index (χ3v) is 22.6. The third kappa shape index (κ3) is 20.5. The maximum atomic E-state index is 13.1. The van der Waals surface area contributed by atoms with E-state index in [1.165, 1.54) is 75.7 Å². The SMILES string of the molecule is CC(=O)c1ccc(-c2n[nH]c3cc(F)ccc23)cc1.COC(=O)c1ccc(-c2n[nH]c3cc(Cl)ccc23)cc1.COC(=O)c1ccc(-c2n[nH]c3cc(F)ccc23)cc1.Clc1ccc2c(-c3ccc4c(c3)OCO4)n[nH]c2c1.Fc1ccc2c(-c3ccc4c(c3)OCO4)n[nH]c2c1.O=C(O)c1ccc(-c2n[nH]c3cc(C(F)(F)F)ccc23)cc1.O=C(O)c1ccc(-c2n[nH]c3cc(Cl)ccc23)cc1. The van der Waals surface area contributed by atoms with E-state index >= 15 is 0 Å². The van der Waals surface area contributed by atoms with Gasteiger partial charge in [0.15, 0.2) is 28.8 Å². The number of rotatable bonds is 12. The molecule has 0 spiro atoms. The van der Waals surface area contributed by atoms with E-state index in [1.54, 1.807) is 115 Å². The molecule has 0 amide bonds. The van der Waals surface area contributed by atoms with Gasteiger partial charge in [0.05, 0.1) is 109 Å². The zero-order valence-electron chi connectivity index (χ0n) is 72.0. The minimum atomic E-state index is -4.41. The Kier molecular flexibility index (Phi) is 26.9. The minimum absolute atomic E-state index is 0.0282. The smallest absolute Gasteiger partial charge is 0.416 e. The lowest BCUT2D eigenvalue weighted by Gasteiger charge is -2.06. The van der Waals surface area contributed by atoms with Gasteiger partial charge in [-0.2, -0.15) is 48.9 Å². The highest BCUT2D eigenvalue weighted by Gasteiger charge is 2.31. The zero-order chi connectivity index (χ0) is 96.6. The van der Waals surface area contributed by atoms with E-state index in [9.17, 15) is 50.3 Å². The normalized spacial score (nSPS) is 11.6. The first-order valence-electron chi connectivity index (χ1n) is 41.5. The van der Waals surface area contributed by atoms with Crippen molar-refractivity contribution >= 4 is 141 Å². The number of benzene rings is 14. The van der Waals surface area contributed by atoms with Gasteiger partial charge in [0.1, 0.15) is 28.8 Å². The monoisotopic (exact) mass is 1920 g/mol. The predicted octanol–water partition coefficient (Wildman–Crippen LogP) is 24.6. The molecule has 0 atom stereocenters. The fourth-order valence-corrected chi connectivity index (χ4v) is 15.5. The van der Waals surface area contributed by atoms with Crippen LogP contribution in [0.15, 0.2) is 285 Å². The van der Waals surface area contributed by atoms with Crippen molar-refractivity contribution in [1.29, 1.82) is 0 Å². The predicted molar refractivity (Wildman–Crippen MR) is 509 cm³/mol. The van der Waals surface area contributed by atoms with E-state index in [-0.39, 0.29) is 65.4 Å². The summed E-state index contributed by atoms with van der Waals surface area (Å²) in [5, 5.41) is 75.2. The lowest BCUT2D eigenvalue weighted by Crippen LogP contribution is -2.04. The number of ether oxygens (including phenoxy) is 6. The molecule has 138 heavy (non-hydrogen) atoms. The van der Waals surface area contributed by atoms with E-state index in [0.29, 0.717) is 70.7 Å². The van der Waals surface area contributed by atoms with Gasteiger partial charge in [0.2, 0.25) is 13.6 Å². The van der Waals surface area contributed by atoms with Crippen LogP contribution >= 0.6 is 34.8 Å². The molecule has 2 aliphatic rings. The highest BCUT2D eigenvalue weighted by Crippen LogP contribution is 2.42. The number of aromatic nitrogens is 14. The Morgan fingerprint density at radius 1 is 0.297 bits per heavy atom. The Labute approximate surface area is 790 Å². The number of carboxylic acids is 2. The van der Waals surface area contributed by atoms with Crippen LogP contribution in [0.1, 0.15) is 64.3 Å². The molecule has 36 heteroatoms. The van der Waals surface area contributed by atoms with Crippen LogP contribution in [0, 0.1) is 17.5 Å². The van der Waals surface area contributed by atoms with Gasteiger partial charge in [-0.3, -0.25) is 40.5 Å². The van der Waals surface area contributed by atoms with Crippen molar-refractivity contribution in [2.45, 2.75) is 13.1 Å². The second-order valence-electron chi connectivity index (χ2n) is 30.6. The number of fused-ring (bicyclic) bond motifs is 9.